The van der Waals surface area contributed by atoms with Gasteiger partial charge in [0.1, 0.15) is 6.10 Å². The number of thioether (sulfide) groups is 1. The maximum atomic E-state index is 11.3. The Morgan fingerprint density at radius 1 is 1.60 bits per heavy atom. The van der Waals surface area contributed by atoms with Gasteiger partial charge < -0.3 is 14.8 Å². The number of carbonyl (C=O) groups is 1. The fourth-order valence-corrected chi connectivity index (χ4v) is 1.76. The minimum atomic E-state index is -0.505. The molecule has 0 aromatic rings. The molecule has 0 aromatic carbocycles. The van der Waals surface area contributed by atoms with Gasteiger partial charge in [-0.15, -0.1) is 0 Å². The summed E-state index contributed by atoms with van der Waals surface area (Å²) in [5.41, 5.74) is 0. The van der Waals surface area contributed by atoms with Crippen molar-refractivity contribution in [3.05, 3.63) is 0 Å². The standard InChI is InChI=1S/C10H19NO3S/c1-10(2)13-7-8(14-10)6-11-9(12)4-5-15-3/h8H,4-7H2,1-3H3,(H,11,12). The lowest BCUT2D eigenvalue weighted by Gasteiger charge is -2.17. The third-order valence-corrected chi connectivity index (χ3v) is 2.74. The number of ether oxygens (including phenoxy) is 2. The van der Waals surface area contributed by atoms with Crippen molar-refractivity contribution in [1.29, 1.82) is 0 Å². The average Bonchev–Trinajstić information content (AvgIpc) is 2.52. The van der Waals surface area contributed by atoms with E-state index in [9.17, 15) is 4.79 Å². The van der Waals surface area contributed by atoms with Gasteiger partial charge in [-0.2, -0.15) is 11.8 Å². The quantitative estimate of drug-likeness (QED) is 0.770. The second-order valence-electron chi connectivity index (χ2n) is 4.00. The highest BCUT2D eigenvalue weighted by molar-refractivity contribution is 7.98. The average molecular weight is 233 g/mol. The molecule has 5 heteroatoms. The Morgan fingerprint density at radius 2 is 2.33 bits per heavy atom. The monoisotopic (exact) mass is 233 g/mol. The zero-order valence-corrected chi connectivity index (χ0v) is 10.4. The molecule has 1 fully saturated rings. The number of carbonyl (C=O) groups excluding carboxylic acids is 1. The van der Waals surface area contributed by atoms with Crippen molar-refractivity contribution < 1.29 is 14.3 Å². The Balaban J connectivity index is 2.13. The summed E-state index contributed by atoms with van der Waals surface area (Å²) in [6, 6.07) is 0. The Bertz CT molecular complexity index is 221. The number of hydrogen-bond donors (Lipinski definition) is 1. The lowest BCUT2D eigenvalue weighted by atomic mass is 10.3. The van der Waals surface area contributed by atoms with Crippen molar-refractivity contribution in [2.45, 2.75) is 32.2 Å². The van der Waals surface area contributed by atoms with E-state index in [1.54, 1.807) is 11.8 Å². The van der Waals surface area contributed by atoms with Gasteiger partial charge in [0.25, 0.3) is 0 Å². The smallest absolute Gasteiger partial charge is 0.220 e. The third kappa shape index (κ3) is 4.86. The zero-order valence-electron chi connectivity index (χ0n) is 9.54. The van der Waals surface area contributed by atoms with Gasteiger partial charge in [-0.05, 0) is 20.1 Å². The van der Waals surface area contributed by atoms with Crippen LogP contribution >= 0.6 is 11.8 Å². The first-order chi connectivity index (χ1) is 7.03. The molecule has 1 saturated heterocycles. The maximum Gasteiger partial charge on any atom is 0.220 e. The lowest BCUT2D eigenvalue weighted by molar-refractivity contribution is -0.139. The predicted molar refractivity (Wildman–Crippen MR) is 60.9 cm³/mol. The molecule has 0 aromatic heterocycles. The first-order valence-electron chi connectivity index (χ1n) is 5.11. The molecule has 0 aliphatic carbocycles. The van der Waals surface area contributed by atoms with Gasteiger partial charge in [0.2, 0.25) is 5.91 Å². The van der Waals surface area contributed by atoms with Crippen molar-refractivity contribution in [3.63, 3.8) is 0 Å². The molecular formula is C10H19NO3S. The van der Waals surface area contributed by atoms with E-state index < -0.39 is 5.79 Å². The van der Waals surface area contributed by atoms with E-state index in [0.717, 1.165) is 5.75 Å². The minimum Gasteiger partial charge on any atom is -0.353 e. The van der Waals surface area contributed by atoms with Gasteiger partial charge in [0.15, 0.2) is 5.79 Å². The Morgan fingerprint density at radius 3 is 2.87 bits per heavy atom. The number of nitrogens with one attached hydrogen (secondary N) is 1. The van der Waals surface area contributed by atoms with E-state index in [1.165, 1.54) is 0 Å². The topological polar surface area (TPSA) is 47.6 Å². The molecule has 88 valence electrons. The van der Waals surface area contributed by atoms with Crippen molar-refractivity contribution in [3.8, 4) is 0 Å². The molecule has 1 rings (SSSR count). The molecule has 0 bridgehead atoms. The van der Waals surface area contributed by atoms with Crippen molar-refractivity contribution in [1.82, 2.24) is 5.32 Å². The highest BCUT2D eigenvalue weighted by Gasteiger charge is 2.32. The SMILES string of the molecule is CSCCC(=O)NCC1COC(C)(C)O1. The molecular weight excluding hydrogens is 214 g/mol. The molecule has 0 radical (unpaired) electrons. The van der Waals surface area contributed by atoms with Gasteiger partial charge in [-0.3, -0.25) is 4.79 Å². The normalized spacial score (nSPS) is 24.1. The third-order valence-electron chi connectivity index (χ3n) is 2.13. The fourth-order valence-electron chi connectivity index (χ4n) is 1.37. The number of rotatable bonds is 5. The lowest BCUT2D eigenvalue weighted by Crippen LogP contribution is -2.34. The maximum absolute atomic E-state index is 11.3. The van der Waals surface area contributed by atoms with Crippen LogP contribution in [0.15, 0.2) is 0 Å². The Kier molecular flexibility index (Phi) is 4.89. The van der Waals surface area contributed by atoms with Gasteiger partial charge in [-0.25, -0.2) is 0 Å². The molecule has 1 aliphatic rings. The highest BCUT2D eigenvalue weighted by Crippen LogP contribution is 2.21. The van der Waals surface area contributed by atoms with Gasteiger partial charge in [0.05, 0.1) is 6.61 Å². The summed E-state index contributed by atoms with van der Waals surface area (Å²) < 4.78 is 11.0. The first kappa shape index (κ1) is 12.8. The van der Waals surface area contributed by atoms with Crippen molar-refractivity contribution in [2.75, 3.05) is 25.2 Å². The van der Waals surface area contributed by atoms with Crippen LogP contribution in [0.2, 0.25) is 0 Å². The summed E-state index contributed by atoms with van der Waals surface area (Å²) in [7, 11) is 0. The summed E-state index contributed by atoms with van der Waals surface area (Å²) in [6.07, 6.45) is 2.54. The second kappa shape index (κ2) is 5.72. The van der Waals surface area contributed by atoms with E-state index in [2.05, 4.69) is 5.32 Å². The predicted octanol–water partition coefficient (Wildman–Crippen LogP) is 1.01. The number of amides is 1. The van der Waals surface area contributed by atoms with Crippen LogP contribution < -0.4 is 5.32 Å². The summed E-state index contributed by atoms with van der Waals surface area (Å²) >= 11 is 1.67. The van der Waals surface area contributed by atoms with Crippen molar-refractivity contribution in [2.24, 2.45) is 0 Å². The van der Waals surface area contributed by atoms with E-state index >= 15 is 0 Å². The van der Waals surface area contributed by atoms with Crippen LogP contribution in [0.3, 0.4) is 0 Å². The molecule has 4 nitrogen and oxygen atoms in total. The largest absolute Gasteiger partial charge is 0.353 e. The molecule has 1 heterocycles. The van der Waals surface area contributed by atoms with Crippen LogP contribution in [0.25, 0.3) is 0 Å². The van der Waals surface area contributed by atoms with Crippen LogP contribution in [0.4, 0.5) is 0 Å². The Labute approximate surface area is 95.1 Å². The van der Waals surface area contributed by atoms with Crippen LogP contribution in [0, 0.1) is 0 Å². The summed E-state index contributed by atoms with van der Waals surface area (Å²) in [5.74, 6) is 0.436. The van der Waals surface area contributed by atoms with Crippen molar-refractivity contribution >= 4 is 17.7 Å². The van der Waals surface area contributed by atoms with E-state index in [4.69, 9.17) is 9.47 Å². The molecule has 1 N–H and O–H groups in total. The molecule has 1 aliphatic heterocycles. The van der Waals surface area contributed by atoms with Crippen LogP contribution in [-0.2, 0) is 14.3 Å². The molecule has 15 heavy (non-hydrogen) atoms. The molecule has 1 unspecified atom stereocenters. The minimum absolute atomic E-state index is 0.0155. The zero-order chi connectivity index (χ0) is 11.3. The second-order valence-corrected chi connectivity index (χ2v) is 4.98. The summed E-state index contributed by atoms with van der Waals surface area (Å²) in [5, 5.41) is 2.84. The molecule has 0 spiro atoms. The van der Waals surface area contributed by atoms with Crippen LogP contribution in [-0.4, -0.2) is 43.0 Å². The first-order valence-corrected chi connectivity index (χ1v) is 6.50. The number of hydrogen-bond acceptors (Lipinski definition) is 4. The molecule has 1 atom stereocenters. The van der Waals surface area contributed by atoms with Gasteiger partial charge >= 0.3 is 0 Å². The molecule has 0 saturated carbocycles. The summed E-state index contributed by atoms with van der Waals surface area (Å²) in [6.45, 7) is 4.84. The fraction of sp³-hybridized carbons (Fsp3) is 0.900. The van der Waals surface area contributed by atoms with Gasteiger partial charge in [0, 0.05) is 18.7 Å². The van der Waals surface area contributed by atoms with E-state index in [-0.39, 0.29) is 12.0 Å². The summed E-state index contributed by atoms with van der Waals surface area (Å²) in [4.78, 5) is 11.3. The highest BCUT2D eigenvalue weighted by atomic mass is 32.2. The Hall–Kier alpha value is -0.260. The van der Waals surface area contributed by atoms with E-state index in [1.807, 2.05) is 20.1 Å². The van der Waals surface area contributed by atoms with E-state index in [0.29, 0.717) is 19.6 Å². The molecule has 1 amide bonds. The van der Waals surface area contributed by atoms with Gasteiger partial charge in [-0.1, -0.05) is 0 Å². The van der Waals surface area contributed by atoms with Crippen LogP contribution in [0.1, 0.15) is 20.3 Å². The van der Waals surface area contributed by atoms with Crippen LogP contribution in [0.5, 0.6) is 0 Å².